The molecule has 2 aliphatic rings. The number of aromatic nitrogens is 3. The molecule has 0 saturated carbocycles. The number of amides is 1. The van der Waals surface area contributed by atoms with Crippen molar-refractivity contribution in [3.63, 3.8) is 0 Å². The standard InChI is InChI=1S/C22H25N5O2/c28-21(19-14-25-20-4-1-2-11-27(19)20)26-10-3-7-22(16-26)12-17(15-29-22)13-24-18-5-8-23-9-6-18/h1-2,4-6,8-9,11,14,17H,3,7,10,12-13,15-16H2,(H,23,24). The van der Waals surface area contributed by atoms with Crippen molar-refractivity contribution in [1.29, 1.82) is 0 Å². The molecule has 2 unspecified atom stereocenters. The van der Waals surface area contributed by atoms with Crippen molar-refractivity contribution in [2.75, 3.05) is 31.6 Å². The molecule has 0 bridgehead atoms. The number of imidazole rings is 1. The van der Waals surface area contributed by atoms with Gasteiger partial charge in [-0.15, -0.1) is 0 Å². The lowest BCUT2D eigenvalue weighted by atomic mass is 9.86. The minimum atomic E-state index is -0.223. The van der Waals surface area contributed by atoms with Gasteiger partial charge in [0.25, 0.3) is 5.91 Å². The lowest BCUT2D eigenvalue weighted by Crippen LogP contribution is -2.50. The highest BCUT2D eigenvalue weighted by atomic mass is 16.5. The maximum atomic E-state index is 13.2. The van der Waals surface area contributed by atoms with E-state index in [1.807, 2.05) is 45.8 Å². The number of carbonyl (C=O) groups is 1. The molecule has 2 saturated heterocycles. The third-order valence-electron chi connectivity index (χ3n) is 6.02. The Hall–Kier alpha value is -2.93. The summed E-state index contributed by atoms with van der Waals surface area (Å²) in [5, 5.41) is 3.47. The van der Waals surface area contributed by atoms with Crippen LogP contribution in [0.25, 0.3) is 5.65 Å². The van der Waals surface area contributed by atoms with Gasteiger partial charge in [-0.25, -0.2) is 4.98 Å². The molecule has 1 spiro atoms. The highest BCUT2D eigenvalue weighted by Crippen LogP contribution is 2.38. The first-order chi connectivity index (χ1) is 14.2. The van der Waals surface area contributed by atoms with Gasteiger partial charge in [0.1, 0.15) is 11.3 Å². The molecule has 2 fully saturated rings. The van der Waals surface area contributed by atoms with Crippen LogP contribution < -0.4 is 5.32 Å². The number of anilines is 1. The summed E-state index contributed by atoms with van der Waals surface area (Å²) in [6.45, 7) is 3.02. The minimum Gasteiger partial charge on any atom is -0.385 e. The number of piperidine rings is 1. The molecule has 5 heterocycles. The third-order valence-corrected chi connectivity index (χ3v) is 6.02. The Balaban J connectivity index is 1.25. The predicted octanol–water partition coefficient (Wildman–Crippen LogP) is 2.85. The van der Waals surface area contributed by atoms with Gasteiger partial charge in [0.15, 0.2) is 0 Å². The van der Waals surface area contributed by atoms with Gasteiger partial charge in [-0.05, 0) is 43.5 Å². The number of rotatable bonds is 4. The van der Waals surface area contributed by atoms with Gasteiger partial charge < -0.3 is 15.0 Å². The molecule has 29 heavy (non-hydrogen) atoms. The number of hydrogen-bond donors (Lipinski definition) is 1. The second-order valence-corrected chi connectivity index (χ2v) is 8.08. The van der Waals surface area contributed by atoms with Crippen LogP contribution in [0.2, 0.25) is 0 Å². The molecule has 7 heteroatoms. The van der Waals surface area contributed by atoms with Crippen molar-refractivity contribution < 1.29 is 9.53 Å². The fourth-order valence-electron chi connectivity index (χ4n) is 4.61. The lowest BCUT2D eigenvalue weighted by molar-refractivity contribution is -0.0450. The molecule has 3 aromatic rings. The predicted molar refractivity (Wildman–Crippen MR) is 110 cm³/mol. The van der Waals surface area contributed by atoms with E-state index in [2.05, 4.69) is 15.3 Å². The number of hydrogen-bond acceptors (Lipinski definition) is 5. The Morgan fingerprint density at radius 2 is 2.17 bits per heavy atom. The third kappa shape index (κ3) is 3.58. The summed E-state index contributed by atoms with van der Waals surface area (Å²) in [6.07, 6.45) is 10.1. The molecular formula is C22H25N5O2. The molecule has 0 aliphatic carbocycles. The van der Waals surface area contributed by atoms with Crippen LogP contribution in [0.4, 0.5) is 5.69 Å². The second kappa shape index (κ2) is 7.48. The van der Waals surface area contributed by atoms with Crippen LogP contribution in [-0.2, 0) is 4.74 Å². The first kappa shape index (κ1) is 18.1. The maximum absolute atomic E-state index is 13.2. The van der Waals surface area contributed by atoms with E-state index in [9.17, 15) is 4.79 Å². The normalized spacial score (nSPS) is 24.3. The van der Waals surface area contributed by atoms with Crippen LogP contribution >= 0.6 is 0 Å². The van der Waals surface area contributed by atoms with Crippen LogP contribution in [0.3, 0.4) is 0 Å². The smallest absolute Gasteiger partial charge is 0.272 e. The summed E-state index contributed by atoms with van der Waals surface area (Å²) in [7, 11) is 0. The van der Waals surface area contributed by atoms with Crippen LogP contribution in [0, 0.1) is 5.92 Å². The van der Waals surface area contributed by atoms with Crippen molar-refractivity contribution >= 4 is 17.2 Å². The van der Waals surface area contributed by atoms with Crippen LogP contribution in [0.15, 0.2) is 55.1 Å². The fourth-order valence-corrected chi connectivity index (χ4v) is 4.61. The Morgan fingerprint density at radius 1 is 1.28 bits per heavy atom. The van der Waals surface area contributed by atoms with E-state index in [0.717, 1.165) is 50.3 Å². The molecule has 5 rings (SSSR count). The Morgan fingerprint density at radius 3 is 3.07 bits per heavy atom. The second-order valence-electron chi connectivity index (χ2n) is 8.08. The van der Waals surface area contributed by atoms with Gasteiger partial charge in [0.05, 0.1) is 24.9 Å². The van der Waals surface area contributed by atoms with Crippen LogP contribution in [-0.4, -0.2) is 57.0 Å². The molecule has 7 nitrogen and oxygen atoms in total. The summed E-state index contributed by atoms with van der Waals surface area (Å²) in [5.41, 5.74) is 2.27. The molecule has 0 radical (unpaired) electrons. The van der Waals surface area contributed by atoms with Crippen molar-refractivity contribution in [3.8, 4) is 0 Å². The molecule has 2 aliphatic heterocycles. The lowest BCUT2D eigenvalue weighted by Gasteiger charge is -2.39. The molecule has 0 aromatic carbocycles. The van der Waals surface area contributed by atoms with Gasteiger partial charge >= 0.3 is 0 Å². The van der Waals surface area contributed by atoms with E-state index in [1.165, 1.54) is 0 Å². The van der Waals surface area contributed by atoms with E-state index in [1.54, 1.807) is 18.6 Å². The highest BCUT2D eigenvalue weighted by Gasteiger charge is 2.44. The van der Waals surface area contributed by atoms with E-state index < -0.39 is 0 Å². The number of likely N-dealkylation sites (tertiary alicyclic amines) is 1. The monoisotopic (exact) mass is 391 g/mol. The summed E-state index contributed by atoms with van der Waals surface area (Å²) in [4.78, 5) is 23.6. The van der Waals surface area contributed by atoms with Gasteiger partial charge in [-0.3, -0.25) is 14.2 Å². The van der Waals surface area contributed by atoms with E-state index >= 15 is 0 Å². The number of nitrogens with one attached hydrogen (secondary N) is 1. The van der Waals surface area contributed by atoms with Gasteiger partial charge in [0.2, 0.25) is 0 Å². The van der Waals surface area contributed by atoms with Gasteiger partial charge in [0, 0.05) is 43.3 Å². The molecule has 2 atom stereocenters. The molecule has 1 N–H and O–H groups in total. The zero-order valence-electron chi connectivity index (χ0n) is 16.3. The quantitative estimate of drug-likeness (QED) is 0.740. The van der Waals surface area contributed by atoms with Crippen LogP contribution in [0.1, 0.15) is 29.8 Å². The summed E-state index contributed by atoms with van der Waals surface area (Å²) in [6, 6.07) is 9.71. The van der Waals surface area contributed by atoms with Gasteiger partial charge in [-0.1, -0.05) is 6.07 Å². The molecule has 1 amide bonds. The summed E-state index contributed by atoms with van der Waals surface area (Å²) in [5.74, 6) is 0.471. The fraction of sp³-hybridized carbons (Fsp3) is 0.409. The molecule has 150 valence electrons. The van der Waals surface area contributed by atoms with Crippen molar-refractivity contribution in [3.05, 3.63) is 60.8 Å². The van der Waals surface area contributed by atoms with Crippen molar-refractivity contribution in [1.82, 2.24) is 19.3 Å². The van der Waals surface area contributed by atoms with Crippen molar-refractivity contribution in [2.45, 2.75) is 24.9 Å². The zero-order chi connectivity index (χ0) is 19.7. The van der Waals surface area contributed by atoms with Gasteiger partial charge in [-0.2, -0.15) is 0 Å². The summed E-state index contributed by atoms with van der Waals surface area (Å²) < 4.78 is 8.16. The zero-order valence-corrected chi connectivity index (χ0v) is 16.3. The first-order valence-electron chi connectivity index (χ1n) is 10.2. The summed E-state index contributed by atoms with van der Waals surface area (Å²) >= 11 is 0. The number of fused-ring (bicyclic) bond motifs is 1. The van der Waals surface area contributed by atoms with Crippen molar-refractivity contribution in [2.24, 2.45) is 5.92 Å². The number of carbonyl (C=O) groups excluding carboxylic acids is 1. The first-order valence-corrected chi connectivity index (χ1v) is 10.2. The Kier molecular flexibility index (Phi) is 4.67. The molecular weight excluding hydrogens is 366 g/mol. The van der Waals surface area contributed by atoms with E-state index in [-0.39, 0.29) is 11.5 Å². The Labute approximate surface area is 169 Å². The minimum absolute atomic E-state index is 0.0322. The highest BCUT2D eigenvalue weighted by molar-refractivity contribution is 5.93. The number of pyridine rings is 2. The average molecular weight is 391 g/mol. The number of ether oxygens (including phenoxy) is 1. The number of nitrogens with zero attached hydrogens (tertiary/aromatic N) is 4. The maximum Gasteiger partial charge on any atom is 0.272 e. The Bertz CT molecular complexity index is 1000. The molecule has 3 aromatic heterocycles. The average Bonchev–Trinajstić information content (AvgIpc) is 3.37. The largest absolute Gasteiger partial charge is 0.385 e. The van der Waals surface area contributed by atoms with Crippen LogP contribution in [0.5, 0.6) is 0 Å². The van der Waals surface area contributed by atoms with E-state index in [4.69, 9.17) is 4.74 Å². The van der Waals surface area contributed by atoms with E-state index in [0.29, 0.717) is 18.2 Å². The SMILES string of the molecule is O=C(c1cnc2ccccn12)N1CCCC2(CC(CNc3ccncc3)CO2)C1. The topological polar surface area (TPSA) is 71.8 Å².